The van der Waals surface area contributed by atoms with E-state index in [-0.39, 0.29) is 32.2 Å². The minimum atomic E-state index is -1.50. The maximum atomic E-state index is 12.7. The van der Waals surface area contributed by atoms with Crippen molar-refractivity contribution in [1.82, 2.24) is 0 Å². The highest BCUT2D eigenvalue weighted by Gasteiger charge is 2.25. The normalized spacial score (nSPS) is 13.0. The van der Waals surface area contributed by atoms with Gasteiger partial charge in [-0.25, -0.2) is 4.79 Å². The number of ether oxygens (including phenoxy) is 4. The molecule has 54 heavy (non-hydrogen) atoms. The number of nitrogens with zero attached hydrogens (tertiary/aromatic N) is 1. The molecule has 0 aromatic rings. The third kappa shape index (κ3) is 38.3. The van der Waals surface area contributed by atoms with Crippen LogP contribution in [0.4, 0.5) is 0 Å². The summed E-state index contributed by atoms with van der Waals surface area (Å²) in [6.07, 6.45) is 35.5. The van der Waals surface area contributed by atoms with Crippen LogP contribution in [0.2, 0.25) is 0 Å². The lowest BCUT2D eigenvalue weighted by atomic mass is 10.1. The van der Waals surface area contributed by atoms with Crippen molar-refractivity contribution in [2.24, 2.45) is 0 Å². The van der Waals surface area contributed by atoms with E-state index in [9.17, 15) is 19.5 Å². The number of esters is 2. The highest BCUT2D eigenvalue weighted by atomic mass is 16.7. The quantitative estimate of drug-likeness (QED) is 0.0215. The van der Waals surface area contributed by atoms with Gasteiger partial charge in [0.25, 0.3) is 6.29 Å². The van der Waals surface area contributed by atoms with Crippen LogP contribution in [0.15, 0.2) is 12.2 Å². The number of hydrogen-bond acceptors (Lipinski definition) is 7. The van der Waals surface area contributed by atoms with E-state index in [0.29, 0.717) is 17.4 Å². The van der Waals surface area contributed by atoms with Gasteiger partial charge in [-0.05, 0) is 38.5 Å². The van der Waals surface area contributed by atoms with Crippen molar-refractivity contribution in [1.29, 1.82) is 0 Å². The molecule has 0 aliphatic rings. The molecule has 0 bridgehead atoms. The molecule has 0 heterocycles. The number of likely N-dealkylation sites (N-methyl/N-ethyl adjacent to an activating group) is 1. The molecule has 0 aromatic heterocycles. The number of carbonyl (C=O) groups excluding carboxylic acids is 2. The molecule has 0 radical (unpaired) electrons. The van der Waals surface area contributed by atoms with Gasteiger partial charge in [0.05, 0.1) is 34.4 Å². The van der Waals surface area contributed by atoms with Crippen LogP contribution in [-0.4, -0.2) is 87.4 Å². The van der Waals surface area contributed by atoms with Crippen molar-refractivity contribution < 1.29 is 42.9 Å². The number of quaternary nitrogens is 1. The Morgan fingerprint density at radius 1 is 0.537 bits per heavy atom. The van der Waals surface area contributed by atoms with Gasteiger partial charge in [0.2, 0.25) is 0 Å². The molecule has 0 rings (SSSR count). The Hall–Kier alpha value is -1.97. The summed E-state index contributed by atoms with van der Waals surface area (Å²) in [6.45, 7) is 4.87. The summed E-state index contributed by atoms with van der Waals surface area (Å²) < 4.78 is 22.7. The van der Waals surface area contributed by atoms with Crippen molar-refractivity contribution >= 4 is 17.9 Å². The van der Waals surface area contributed by atoms with Crippen molar-refractivity contribution in [3.63, 3.8) is 0 Å². The number of unbranched alkanes of at least 4 members (excludes halogenated alkanes) is 24. The summed E-state index contributed by atoms with van der Waals surface area (Å²) in [6, 6.07) is 0. The highest BCUT2D eigenvalue weighted by Crippen LogP contribution is 2.15. The topological polar surface area (TPSA) is 108 Å². The second-order valence-electron chi connectivity index (χ2n) is 16.4. The lowest BCUT2D eigenvalue weighted by molar-refractivity contribution is -0.870. The van der Waals surface area contributed by atoms with Crippen LogP contribution in [0.1, 0.15) is 200 Å². The Morgan fingerprint density at radius 2 is 0.944 bits per heavy atom. The molecule has 1 N–H and O–H groups in total. The zero-order chi connectivity index (χ0) is 40.0. The SMILES string of the molecule is CCCCCCCCC/C=C\CCCCCCCCCC(=O)OC(COC(=O)CCCCCCCCCCCCC)COC(OCC[N+](C)(C)C)C(=O)O. The lowest BCUT2D eigenvalue weighted by Gasteiger charge is -2.25. The predicted molar refractivity (Wildman–Crippen MR) is 221 cm³/mol. The van der Waals surface area contributed by atoms with E-state index in [4.69, 9.17) is 18.9 Å². The van der Waals surface area contributed by atoms with Gasteiger partial charge in [0.1, 0.15) is 13.2 Å². The first kappa shape index (κ1) is 52.0. The fraction of sp³-hybridized carbons (Fsp3) is 0.889. The van der Waals surface area contributed by atoms with E-state index in [1.54, 1.807) is 0 Å². The summed E-state index contributed by atoms with van der Waals surface area (Å²) >= 11 is 0. The monoisotopic (exact) mass is 769 g/mol. The van der Waals surface area contributed by atoms with Gasteiger partial charge in [-0.3, -0.25) is 9.59 Å². The minimum Gasteiger partial charge on any atom is -0.477 e. The largest absolute Gasteiger partial charge is 0.477 e. The second-order valence-corrected chi connectivity index (χ2v) is 16.4. The molecular weight excluding hydrogens is 682 g/mol. The maximum Gasteiger partial charge on any atom is 0.361 e. The van der Waals surface area contributed by atoms with Gasteiger partial charge in [-0.1, -0.05) is 161 Å². The average molecular weight is 769 g/mol. The molecule has 0 aliphatic heterocycles. The fourth-order valence-electron chi connectivity index (χ4n) is 6.24. The van der Waals surface area contributed by atoms with Crippen LogP contribution in [-0.2, 0) is 33.3 Å². The smallest absolute Gasteiger partial charge is 0.361 e. The third-order valence-corrected chi connectivity index (χ3v) is 9.77. The van der Waals surface area contributed by atoms with Crippen LogP contribution >= 0.6 is 0 Å². The number of carbonyl (C=O) groups is 3. The zero-order valence-corrected chi connectivity index (χ0v) is 35.9. The van der Waals surface area contributed by atoms with E-state index in [0.717, 1.165) is 51.4 Å². The predicted octanol–water partition coefficient (Wildman–Crippen LogP) is 11.5. The molecular formula is C45H86NO8+. The molecule has 0 fully saturated rings. The molecule has 0 aliphatic carbocycles. The van der Waals surface area contributed by atoms with Gasteiger partial charge >= 0.3 is 17.9 Å². The fourth-order valence-corrected chi connectivity index (χ4v) is 6.24. The van der Waals surface area contributed by atoms with E-state index in [2.05, 4.69) is 26.0 Å². The molecule has 2 unspecified atom stereocenters. The number of hydrogen-bond donors (Lipinski definition) is 1. The molecule has 9 heteroatoms. The molecule has 2 atom stereocenters. The van der Waals surface area contributed by atoms with Crippen LogP contribution in [0.25, 0.3) is 0 Å². The van der Waals surface area contributed by atoms with Crippen molar-refractivity contribution in [2.45, 2.75) is 212 Å². The number of carboxylic acids is 1. The van der Waals surface area contributed by atoms with Crippen molar-refractivity contribution in [2.75, 3.05) is 47.5 Å². The summed E-state index contributed by atoms with van der Waals surface area (Å²) in [5.41, 5.74) is 0. The minimum absolute atomic E-state index is 0.178. The first-order chi connectivity index (χ1) is 26.1. The van der Waals surface area contributed by atoms with E-state index in [1.807, 2.05) is 21.1 Å². The Morgan fingerprint density at radius 3 is 1.37 bits per heavy atom. The summed E-state index contributed by atoms with van der Waals surface area (Å²) in [4.78, 5) is 37.0. The number of allylic oxidation sites excluding steroid dienone is 2. The van der Waals surface area contributed by atoms with Crippen molar-refractivity contribution in [3.05, 3.63) is 12.2 Å². The maximum absolute atomic E-state index is 12.7. The molecule has 0 amide bonds. The number of carboxylic acid groups (broad SMARTS) is 1. The first-order valence-corrected chi connectivity index (χ1v) is 22.4. The van der Waals surface area contributed by atoms with Gasteiger partial charge in [-0.2, -0.15) is 0 Å². The second kappa shape index (κ2) is 37.9. The van der Waals surface area contributed by atoms with E-state index in [1.165, 1.54) is 122 Å². The summed E-state index contributed by atoms with van der Waals surface area (Å²) in [5, 5.41) is 9.62. The van der Waals surface area contributed by atoms with Gasteiger partial charge in [-0.15, -0.1) is 0 Å². The summed E-state index contributed by atoms with van der Waals surface area (Å²) in [5.74, 6) is -2.00. The average Bonchev–Trinajstić information content (AvgIpc) is 3.12. The Bertz CT molecular complexity index is 903. The van der Waals surface area contributed by atoms with Crippen LogP contribution in [0.5, 0.6) is 0 Å². The third-order valence-electron chi connectivity index (χ3n) is 9.77. The molecule has 0 aromatic carbocycles. The molecule has 9 nitrogen and oxygen atoms in total. The van der Waals surface area contributed by atoms with E-state index < -0.39 is 24.3 Å². The number of aliphatic carboxylic acids is 1. The van der Waals surface area contributed by atoms with Gasteiger partial charge in [0, 0.05) is 12.8 Å². The molecule has 0 saturated carbocycles. The zero-order valence-electron chi connectivity index (χ0n) is 35.9. The van der Waals surface area contributed by atoms with Crippen LogP contribution in [0, 0.1) is 0 Å². The van der Waals surface area contributed by atoms with Crippen molar-refractivity contribution in [3.8, 4) is 0 Å². The molecule has 0 spiro atoms. The Labute approximate surface area is 332 Å². The van der Waals surface area contributed by atoms with Gasteiger partial charge < -0.3 is 28.5 Å². The molecule has 318 valence electrons. The Balaban J connectivity index is 4.40. The first-order valence-electron chi connectivity index (χ1n) is 22.4. The highest BCUT2D eigenvalue weighted by molar-refractivity contribution is 5.71. The van der Waals surface area contributed by atoms with Crippen LogP contribution in [0.3, 0.4) is 0 Å². The van der Waals surface area contributed by atoms with E-state index >= 15 is 0 Å². The van der Waals surface area contributed by atoms with Gasteiger partial charge in [0.15, 0.2) is 6.10 Å². The van der Waals surface area contributed by atoms with Crippen LogP contribution < -0.4 is 0 Å². The Kier molecular flexibility index (Phi) is 36.5. The standard InChI is InChI=1S/C45H85NO8/c1-6-8-10-12-14-16-18-19-20-21-22-23-24-26-28-30-32-34-36-43(48)54-41(40-53-45(44(49)50)51-38-37-46(3,4)5)39-52-42(47)35-33-31-29-27-25-17-15-13-11-9-7-2/h20-21,41,45H,6-19,22-40H2,1-5H3/p+1/b21-20-. The summed E-state index contributed by atoms with van der Waals surface area (Å²) in [7, 11) is 5.95. The lowest BCUT2D eigenvalue weighted by Crippen LogP contribution is -2.40. The molecule has 0 saturated heterocycles. The number of rotatable bonds is 41.